The number of carbonyl (C=O) groups excluding carboxylic acids is 2. The predicted molar refractivity (Wildman–Crippen MR) is 78.5 cm³/mol. The molecule has 6 nitrogen and oxygen atoms in total. The van der Waals surface area contributed by atoms with Gasteiger partial charge in [-0.3, -0.25) is 5.43 Å². The lowest BCUT2D eigenvalue weighted by molar-refractivity contribution is -0.140. The number of benzene rings is 1. The third-order valence-electron chi connectivity index (χ3n) is 2.08. The molecule has 0 radical (unpaired) electrons. The summed E-state index contributed by atoms with van der Waals surface area (Å²) >= 11 is 3.30. The van der Waals surface area contributed by atoms with Crippen LogP contribution in [0.4, 0.5) is 5.69 Å². The van der Waals surface area contributed by atoms with Gasteiger partial charge in [-0.25, -0.2) is 9.59 Å². The fraction of sp³-hybridized carbons (Fsp3) is 0.308. The first-order valence-electron chi connectivity index (χ1n) is 6.02. The smallest absolute Gasteiger partial charge is 0.366 e. The van der Waals surface area contributed by atoms with Gasteiger partial charge in [0.1, 0.15) is 0 Å². The molecule has 1 aromatic rings. The molecule has 108 valence electrons. The van der Waals surface area contributed by atoms with Gasteiger partial charge in [0.05, 0.1) is 18.9 Å². The fourth-order valence-corrected chi connectivity index (χ4v) is 1.48. The molecule has 1 rings (SSSR count). The number of anilines is 1. The molecule has 20 heavy (non-hydrogen) atoms. The summed E-state index contributed by atoms with van der Waals surface area (Å²) in [5.74, 6) is -1.65. The normalized spacial score (nSPS) is 9.55. The lowest BCUT2D eigenvalue weighted by Crippen LogP contribution is -2.29. The highest BCUT2D eigenvalue weighted by Gasteiger charge is 2.23. The van der Waals surface area contributed by atoms with E-state index in [2.05, 4.69) is 26.5 Å². The van der Waals surface area contributed by atoms with Gasteiger partial charge in [-0.15, -0.1) is 0 Å². The van der Waals surface area contributed by atoms with E-state index in [-0.39, 0.29) is 13.2 Å². The van der Waals surface area contributed by atoms with Crippen molar-refractivity contribution >= 4 is 39.3 Å². The molecule has 0 saturated heterocycles. The van der Waals surface area contributed by atoms with Crippen LogP contribution in [0.5, 0.6) is 0 Å². The number of nitrogens with zero attached hydrogens (tertiary/aromatic N) is 1. The molecule has 0 aliphatic carbocycles. The SMILES string of the molecule is CCOC(=O)C(=NNc1ccc(Br)cc1)C(=O)OCC. The Hall–Kier alpha value is -1.89. The quantitative estimate of drug-likeness (QED) is 0.371. The fourth-order valence-electron chi connectivity index (χ4n) is 1.22. The van der Waals surface area contributed by atoms with Gasteiger partial charge < -0.3 is 9.47 Å². The van der Waals surface area contributed by atoms with Crippen molar-refractivity contribution in [1.82, 2.24) is 0 Å². The maximum Gasteiger partial charge on any atom is 0.366 e. The molecule has 0 fully saturated rings. The van der Waals surface area contributed by atoms with Gasteiger partial charge in [0.2, 0.25) is 0 Å². The minimum atomic E-state index is -0.824. The summed E-state index contributed by atoms with van der Waals surface area (Å²) in [6, 6.07) is 7.07. The van der Waals surface area contributed by atoms with E-state index in [1.807, 2.05) is 0 Å². The summed E-state index contributed by atoms with van der Waals surface area (Å²) in [5.41, 5.74) is 2.82. The number of nitrogens with one attached hydrogen (secondary N) is 1. The van der Waals surface area contributed by atoms with Crippen LogP contribution < -0.4 is 5.43 Å². The molecule has 0 spiro atoms. The van der Waals surface area contributed by atoms with Gasteiger partial charge in [-0.1, -0.05) is 15.9 Å². The van der Waals surface area contributed by atoms with E-state index in [1.54, 1.807) is 38.1 Å². The summed E-state index contributed by atoms with van der Waals surface area (Å²) in [4.78, 5) is 23.3. The first kappa shape index (κ1) is 16.2. The standard InChI is InChI=1S/C13H15BrN2O4/c1-3-19-12(17)11(13(18)20-4-2)16-15-10-7-5-9(14)6-8-10/h5-8,15H,3-4H2,1-2H3. The Kier molecular flexibility index (Phi) is 6.72. The zero-order valence-corrected chi connectivity index (χ0v) is 12.8. The van der Waals surface area contributed by atoms with Crippen molar-refractivity contribution in [3.8, 4) is 0 Å². The van der Waals surface area contributed by atoms with Crippen molar-refractivity contribution in [3.63, 3.8) is 0 Å². The summed E-state index contributed by atoms with van der Waals surface area (Å²) < 4.78 is 10.4. The Labute approximate surface area is 125 Å². The Morgan fingerprint density at radius 2 is 1.60 bits per heavy atom. The molecular weight excluding hydrogens is 328 g/mol. The topological polar surface area (TPSA) is 77.0 Å². The van der Waals surface area contributed by atoms with Crippen LogP contribution in [0.3, 0.4) is 0 Å². The largest absolute Gasteiger partial charge is 0.461 e. The van der Waals surface area contributed by atoms with Gasteiger partial charge in [-0.05, 0) is 38.1 Å². The van der Waals surface area contributed by atoms with E-state index >= 15 is 0 Å². The van der Waals surface area contributed by atoms with Gasteiger partial charge in [0, 0.05) is 4.47 Å². The minimum absolute atomic E-state index is 0.148. The average Bonchev–Trinajstić information content (AvgIpc) is 2.42. The van der Waals surface area contributed by atoms with Crippen LogP contribution in [0.25, 0.3) is 0 Å². The van der Waals surface area contributed by atoms with Gasteiger partial charge >= 0.3 is 11.9 Å². The third kappa shape index (κ3) is 5.00. The summed E-state index contributed by atoms with van der Waals surface area (Å²) in [6.45, 7) is 3.58. The van der Waals surface area contributed by atoms with E-state index in [0.717, 1.165) is 4.47 Å². The summed E-state index contributed by atoms with van der Waals surface area (Å²) in [7, 11) is 0. The predicted octanol–water partition coefficient (Wildman–Crippen LogP) is 2.34. The maximum absolute atomic E-state index is 11.6. The third-order valence-corrected chi connectivity index (χ3v) is 2.61. The first-order valence-corrected chi connectivity index (χ1v) is 6.81. The monoisotopic (exact) mass is 342 g/mol. The van der Waals surface area contributed by atoms with Crippen LogP contribution >= 0.6 is 15.9 Å². The molecule has 0 saturated carbocycles. The van der Waals surface area contributed by atoms with Crippen LogP contribution in [0.1, 0.15) is 13.8 Å². The van der Waals surface area contributed by atoms with Crippen molar-refractivity contribution < 1.29 is 19.1 Å². The number of ether oxygens (including phenoxy) is 2. The molecule has 0 atom stereocenters. The summed E-state index contributed by atoms with van der Waals surface area (Å²) in [5, 5.41) is 3.76. The summed E-state index contributed by atoms with van der Waals surface area (Å²) in [6.07, 6.45) is 0. The number of halogens is 1. The van der Waals surface area contributed by atoms with Crippen molar-refractivity contribution in [2.24, 2.45) is 5.10 Å². The van der Waals surface area contributed by atoms with E-state index in [1.165, 1.54) is 0 Å². The maximum atomic E-state index is 11.6. The molecule has 0 bridgehead atoms. The lowest BCUT2D eigenvalue weighted by Gasteiger charge is -2.06. The molecule has 0 aliphatic heterocycles. The molecule has 0 unspecified atom stereocenters. The van der Waals surface area contributed by atoms with Gasteiger partial charge in [0.25, 0.3) is 5.71 Å². The van der Waals surface area contributed by atoms with Crippen LogP contribution in [-0.4, -0.2) is 30.9 Å². The number of hydrogen-bond acceptors (Lipinski definition) is 6. The number of rotatable bonds is 6. The second kappa shape index (κ2) is 8.31. The van der Waals surface area contributed by atoms with Crippen LogP contribution in [-0.2, 0) is 19.1 Å². The van der Waals surface area contributed by atoms with Crippen LogP contribution in [0.15, 0.2) is 33.8 Å². The van der Waals surface area contributed by atoms with Crippen LogP contribution in [0, 0.1) is 0 Å². The second-order valence-corrected chi connectivity index (χ2v) is 4.44. The number of hydrazone groups is 1. The van der Waals surface area contributed by atoms with Gasteiger partial charge in [0.15, 0.2) is 0 Å². The van der Waals surface area contributed by atoms with E-state index in [4.69, 9.17) is 9.47 Å². The average molecular weight is 343 g/mol. The molecular formula is C13H15BrN2O4. The molecule has 1 N–H and O–H groups in total. The minimum Gasteiger partial charge on any atom is -0.461 e. The molecule has 0 aromatic heterocycles. The van der Waals surface area contributed by atoms with E-state index in [9.17, 15) is 9.59 Å². The van der Waals surface area contributed by atoms with Crippen molar-refractivity contribution in [3.05, 3.63) is 28.7 Å². The van der Waals surface area contributed by atoms with Crippen LogP contribution in [0.2, 0.25) is 0 Å². The highest BCUT2D eigenvalue weighted by Crippen LogP contribution is 2.14. The van der Waals surface area contributed by atoms with Gasteiger partial charge in [-0.2, -0.15) is 5.10 Å². The van der Waals surface area contributed by atoms with E-state index in [0.29, 0.717) is 5.69 Å². The Bertz CT molecular complexity index is 480. The molecule has 0 aliphatic rings. The highest BCUT2D eigenvalue weighted by molar-refractivity contribution is 9.10. The zero-order chi connectivity index (χ0) is 15.0. The van der Waals surface area contributed by atoms with Crippen molar-refractivity contribution in [1.29, 1.82) is 0 Å². The molecule has 0 heterocycles. The number of hydrogen-bond donors (Lipinski definition) is 1. The van der Waals surface area contributed by atoms with E-state index < -0.39 is 17.7 Å². The Morgan fingerprint density at radius 3 is 2.05 bits per heavy atom. The zero-order valence-electron chi connectivity index (χ0n) is 11.2. The molecule has 0 amide bonds. The number of esters is 2. The molecule has 1 aromatic carbocycles. The number of carbonyl (C=O) groups is 2. The first-order chi connectivity index (χ1) is 9.58. The van der Waals surface area contributed by atoms with Crippen molar-refractivity contribution in [2.45, 2.75) is 13.8 Å². The highest BCUT2D eigenvalue weighted by atomic mass is 79.9. The molecule has 7 heteroatoms. The Morgan fingerprint density at radius 1 is 1.10 bits per heavy atom. The Balaban J connectivity index is 2.86. The second-order valence-electron chi connectivity index (χ2n) is 3.52. The van der Waals surface area contributed by atoms with Crippen molar-refractivity contribution in [2.75, 3.05) is 18.6 Å². The lowest BCUT2D eigenvalue weighted by atomic mass is 10.3.